The molecule has 0 spiro atoms. The van der Waals surface area contributed by atoms with Crippen molar-refractivity contribution in [2.75, 3.05) is 0 Å². The van der Waals surface area contributed by atoms with Gasteiger partial charge in [-0.05, 0) is 89.6 Å². The van der Waals surface area contributed by atoms with Crippen molar-refractivity contribution < 1.29 is 26.3 Å². The molecule has 5 nitrogen and oxygen atoms in total. The maximum absolute atomic E-state index is 13.2. The van der Waals surface area contributed by atoms with Gasteiger partial charge in [0, 0.05) is 22.3 Å². The highest BCUT2D eigenvalue weighted by Gasteiger charge is 2.37. The number of rotatable bonds is 2. The molecule has 0 bridgehead atoms. The number of halogens is 6. The highest BCUT2D eigenvalue weighted by atomic mass is 19.4. The van der Waals surface area contributed by atoms with Gasteiger partial charge in [0.25, 0.3) is 0 Å². The number of hydrogen-bond donors (Lipinski definition) is 0. The molecule has 0 amide bonds. The molecule has 1 aliphatic heterocycles. The van der Waals surface area contributed by atoms with E-state index >= 15 is 0 Å². The number of nitriles is 2. The van der Waals surface area contributed by atoms with Gasteiger partial charge in [0.05, 0.1) is 28.2 Å². The SMILES string of the molecule is CC1=C2C(=NC#N)c3cc(-c4ccc(C(F)(F)F)cc4)ccc3C2=NC2=C(CC1)c1cc(-c3ccc(C(F)(F)F)cc3)ccc1C2=NC#N. The van der Waals surface area contributed by atoms with Gasteiger partial charge >= 0.3 is 12.4 Å². The summed E-state index contributed by atoms with van der Waals surface area (Å²) in [5.74, 6) is 0. The zero-order valence-electron chi connectivity index (χ0n) is 25.5. The standard InChI is InChI=1S/C38H21F6N5/c1-20-2-13-28-30-16-23(21-3-9-25(10-4-21)37(39,40)41)7-14-27(30)35(48-19-46)36(28)49-34-29-15-8-24(17-31(29)33(32(20)34)47-18-45)22-5-11-26(12-6-22)38(42,43)44/h3-12,14-17H,2,13H2,1H3. The maximum atomic E-state index is 13.2. The minimum Gasteiger partial charge on any atom is -0.245 e. The fraction of sp³-hybridized carbons (Fsp3) is 0.132. The molecule has 0 aromatic heterocycles. The Bertz CT molecular complexity index is 2300. The normalized spacial score (nSPS) is 17.1. The van der Waals surface area contributed by atoms with Crippen LogP contribution in [0.15, 0.2) is 117 Å². The Hall–Kier alpha value is -6.07. The molecule has 0 N–H and O–H groups in total. The van der Waals surface area contributed by atoms with Crippen molar-refractivity contribution in [1.29, 1.82) is 10.5 Å². The fourth-order valence-electron chi connectivity index (χ4n) is 6.56. The second-order valence-corrected chi connectivity index (χ2v) is 11.7. The monoisotopic (exact) mass is 661 g/mol. The maximum Gasteiger partial charge on any atom is 0.416 e. The molecule has 1 heterocycles. The van der Waals surface area contributed by atoms with Crippen LogP contribution in [0.2, 0.25) is 0 Å². The van der Waals surface area contributed by atoms with Crippen LogP contribution in [0.3, 0.4) is 0 Å². The van der Waals surface area contributed by atoms with Crippen LogP contribution in [-0.2, 0) is 12.4 Å². The molecule has 4 aromatic carbocycles. The van der Waals surface area contributed by atoms with E-state index in [0.29, 0.717) is 80.2 Å². The molecule has 3 aliphatic rings. The minimum absolute atomic E-state index is 0.353. The van der Waals surface area contributed by atoms with Crippen LogP contribution in [0.25, 0.3) is 27.8 Å². The fourth-order valence-corrected chi connectivity index (χ4v) is 6.56. The average Bonchev–Trinajstić information content (AvgIpc) is 3.52. The molecule has 2 aliphatic carbocycles. The molecule has 7 rings (SSSR count). The smallest absolute Gasteiger partial charge is 0.245 e. The number of allylic oxidation sites excluding steroid dienone is 4. The number of hydrogen-bond acceptors (Lipinski definition) is 5. The summed E-state index contributed by atoms with van der Waals surface area (Å²) in [6.07, 6.45) is -4.16. The quantitative estimate of drug-likeness (QED) is 0.158. The summed E-state index contributed by atoms with van der Waals surface area (Å²) in [7, 11) is 0. The van der Waals surface area contributed by atoms with Gasteiger partial charge in [-0.2, -0.15) is 46.9 Å². The lowest BCUT2D eigenvalue weighted by molar-refractivity contribution is -0.138. The first kappa shape index (κ1) is 31.5. The summed E-state index contributed by atoms with van der Waals surface area (Å²) in [5.41, 5.74) is 7.73. The Morgan fingerprint density at radius 3 is 1.61 bits per heavy atom. The number of benzene rings is 4. The van der Waals surface area contributed by atoms with Gasteiger partial charge in [0.1, 0.15) is 5.71 Å². The highest BCUT2D eigenvalue weighted by Crippen LogP contribution is 2.44. The number of aliphatic imine (C=N–C) groups is 3. The van der Waals surface area contributed by atoms with Crippen LogP contribution < -0.4 is 0 Å². The molecule has 0 atom stereocenters. The molecular weight excluding hydrogens is 640 g/mol. The topological polar surface area (TPSA) is 84.7 Å². The highest BCUT2D eigenvalue weighted by molar-refractivity contribution is 6.44. The van der Waals surface area contributed by atoms with E-state index < -0.39 is 23.5 Å². The molecule has 0 saturated carbocycles. The van der Waals surface area contributed by atoms with E-state index in [1.54, 1.807) is 30.3 Å². The number of nitrogens with zero attached hydrogens (tertiary/aromatic N) is 5. The Balaban J connectivity index is 1.36. The predicted octanol–water partition coefficient (Wildman–Crippen LogP) is 9.94. The Labute approximate surface area is 276 Å². The molecule has 0 unspecified atom stereocenters. The van der Waals surface area contributed by atoms with Gasteiger partial charge in [0.2, 0.25) is 12.4 Å². The van der Waals surface area contributed by atoms with Gasteiger partial charge in [-0.15, -0.1) is 0 Å². The largest absolute Gasteiger partial charge is 0.416 e. The second kappa shape index (κ2) is 11.6. The van der Waals surface area contributed by atoms with E-state index in [1.807, 2.05) is 25.4 Å². The molecular formula is C38H21F6N5. The molecule has 0 radical (unpaired) electrons. The van der Waals surface area contributed by atoms with Crippen LogP contribution in [-0.4, -0.2) is 17.1 Å². The zero-order valence-corrected chi connectivity index (χ0v) is 25.5. The number of fused-ring (bicyclic) bond motifs is 5. The van der Waals surface area contributed by atoms with Gasteiger partial charge in [-0.3, -0.25) is 0 Å². The van der Waals surface area contributed by atoms with E-state index in [1.165, 1.54) is 24.3 Å². The molecule has 4 aromatic rings. The van der Waals surface area contributed by atoms with Crippen molar-refractivity contribution in [3.63, 3.8) is 0 Å². The summed E-state index contributed by atoms with van der Waals surface area (Å²) >= 11 is 0. The van der Waals surface area contributed by atoms with Crippen LogP contribution in [0.1, 0.15) is 53.1 Å². The molecule has 11 heteroatoms. The minimum atomic E-state index is -4.47. The zero-order chi connectivity index (χ0) is 34.7. The molecule has 0 saturated heterocycles. The summed E-state index contributed by atoms with van der Waals surface area (Å²) < 4.78 is 79.1. The van der Waals surface area contributed by atoms with E-state index in [9.17, 15) is 36.9 Å². The third kappa shape index (κ3) is 5.43. The van der Waals surface area contributed by atoms with Crippen molar-refractivity contribution in [3.8, 4) is 34.6 Å². The van der Waals surface area contributed by atoms with Crippen LogP contribution in [0.4, 0.5) is 26.3 Å². The van der Waals surface area contributed by atoms with Gasteiger partial charge in [0.15, 0.2) is 0 Å². The van der Waals surface area contributed by atoms with Crippen LogP contribution >= 0.6 is 0 Å². The van der Waals surface area contributed by atoms with Crippen molar-refractivity contribution in [2.45, 2.75) is 32.1 Å². The summed E-state index contributed by atoms with van der Waals surface area (Å²) in [6.45, 7) is 1.92. The number of alkyl halides is 6. The second-order valence-electron chi connectivity index (χ2n) is 11.7. The average molecular weight is 662 g/mol. The van der Waals surface area contributed by atoms with Gasteiger partial charge < -0.3 is 0 Å². The lowest BCUT2D eigenvalue weighted by atomic mass is 9.92. The van der Waals surface area contributed by atoms with E-state index in [2.05, 4.69) is 9.98 Å². The Morgan fingerprint density at radius 2 is 1.08 bits per heavy atom. The first-order valence-electron chi connectivity index (χ1n) is 15.0. The molecule has 49 heavy (non-hydrogen) atoms. The lowest BCUT2D eigenvalue weighted by Crippen LogP contribution is -2.10. The van der Waals surface area contributed by atoms with Crippen LogP contribution in [0, 0.1) is 22.9 Å². The van der Waals surface area contributed by atoms with Crippen molar-refractivity contribution in [2.24, 2.45) is 15.0 Å². The predicted molar refractivity (Wildman–Crippen MR) is 173 cm³/mol. The summed E-state index contributed by atoms with van der Waals surface area (Å²) in [6, 6.07) is 20.5. The van der Waals surface area contributed by atoms with Crippen LogP contribution in [0.5, 0.6) is 0 Å². The van der Waals surface area contributed by atoms with Crippen molar-refractivity contribution in [1.82, 2.24) is 0 Å². The molecule has 240 valence electrons. The Morgan fingerprint density at radius 1 is 0.592 bits per heavy atom. The van der Waals surface area contributed by atoms with Crippen molar-refractivity contribution >= 4 is 22.7 Å². The van der Waals surface area contributed by atoms with E-state index in [0.717, 1.165) is 41.0 Å². The van der Waals surface area contributed by atoms with Gasteiger partial charge in [-0.25, -0.2) is 4.99 Å². The third-order valence-corrected chi connectivity index (χ3v) is 8.93. The van der Waals surface area contributed by atoms with E-state index in [4.69, 9.17) is 4.99 Å². The summed E-state index contributed by atoms with van der Waals surface area (Å²) in [4.78, 5) is 13.4. The first-order chi connectivity index (χ1) is 23.4. The Kier molecular flexibility index (Phi) is 7.44. The molecule has 0 fully saturated rings. The first-order valence-corrected chi connectivity index (χ1v) is 15.0. The van der Waals surface area contributed by atoms with E-state index in [-0.39, 0.29) is 0 Å². The third-order valence-electron chi connectivity index (χ3n) is 8.93. The summed E-state index contributed by atoms with van der Waals surface area (Å²) in [5, 5.41) is 19.3. The lowest BCUT2D eigenvalue weighted by Gasteiger charge is -2.15. The van der Waals surface area contributed by atoms with Gasteiger partial charge in [-0.1, -0.05) is 54.1 Å². The van der Waals surface area contributed by atoms with Crippen molar-refractivity contribution in [3.05, 3.63) is 135 Å².